The minimum atomic E-state index is -0.363. The van der Waals surface area contributed by atoms with E-state index >= 15 is 0 Å². The summed E-state index contributed by atoms with van der Waals surface area (Å²) in [6, 6.07) is 13.8. The van der Waals surface area contributed by atoms with E-state index < -0.39 is 0 Å². The van der Waals surface area contributed by atoms with E-state index in [-0.39, 0.29) is 11.8 Å². The van der Waals surface area contributed by atoms with Gasteiger partial charge in [-0.15, -0.1) is 0 Å². The van der Waals surface area contributed by atoms with Crippen LogP contribution in [0, 0.1) is 0 Å². The molecule has 0 saturated carbocycles. The van der Waals surface area contributed by atoms with E-state index in [4.69, 9.17) is 9.47 Å². The highest BCUT2D eigenvalue weighted by Gasteiger charge is 2.02. The highest BCUT2D eigenvalue weighted by atomic mass is 16.5. The van der Waals surface area contributed by atoms with Gasteiger partial charge in [0.05, 0.1) is 7.11 Å². The van der Waals surface area contributed by atoms with Gasteiger partial charge in [0, 0.05) is 12.5 Å². The van der Waals surface area contributed by atoms with Crippen LogP contribution >= 0.6 is 0 Å². The summed E-state index contributed by atoms with van der Waals surface area (Å²) in [5.74, 6) is 0.734. The molecule has 0 spiro atoms. The number of carbonyl (C=O) groups is 2. The smallest absolute Gasteiger partial charge is 0.308 e. The quantitative estimate of drug-likeness (QED) is 0.367. The second-order valence-electron chi connectivity index (χ2n) is 4.59. The number of esters is 1. The van der Waals surface area contributed by atoms with Crippen LogP contribution in [-0.4, -0.2) is 18.9 Å². The van der Waals surface area contributed by atoms with Crippen molar-refractivity contribution in [3.8, 4) is 11.5 Å². The Kier molecular flexibility index (Phi) is 5.09. The van der Waals surface area contributed by atoms with Crippen molar-refractivity contribution in [2.75, 3.05) is 7.11 Å². The molecule has 0 heterocycles. The lowest BCUT2D eigenvalue weighted by Crippen LogP contribution is -2.00. The highest BCUT2D eigenvalue weighted by Crippen LogP contribution is 2.15. The lowest BCUT2D eigenvalue weighted by molar-refractivity contribution is -0.131. The molecule has 2 aromatic carbocycles. The van der Waals surface area contributed by atoms with Crippen LogP contribution in [0.1, 0.15) is 22.8 Å². The Morgan fingerprint density at radius 3 is 2.05 bits per heavy atom. The van der Waals surface area contributed by atoms with E-state index in [1.54, 1.807) is 61.7 Å². The van der Waals surface area contributed by atoms with Crippen molar-refractivity contribution in [1.82, 2.24) is 0 Å². The zero-order valence-corrected chi connectivity index (χ0v) is 12.4. The first-order chi connectivity index (χ1) is 10.6. The fourth-order valence-electron chi connectivity index (χ4n) is 1.84. The molecule has 0 aliphatic heterocycles. The third-order valence-electron chi connectivity index (χ3n) is 2.94. The number of hydrogen-bond donors (Lipinski definition) is 0. The van der Waals surface area contributed by atoms with E-state index in [1.807, 2.05) is 0 Å². The van der Waals surface area contributed by atoms with E-state index in [0.717, 1.165) is 5.56 Å². The Morgan fingerprint density at radius 1 is 0.909 bits per heavy atom. The molecule has 112 valence electrons. The van der Waals surface area contributed by atoms with Crippen LogP contribution in [0.4, 0.5) is 0 Å². The third-order valence-corrected chi connectivity index (χ3v) is 2.94. The average Bonchev–Trinajstić information content (AvgIpc) is 2.53. The van der Waals surface area contributed by atoms with Gasteiger partial charge in [0.1, 0.15) is 11.5 Å². The van der Waals surface area contributed by atoms with Gasteiger partial charge in [0.2, 0.25) is 0 Å². The van der Waals surface area contributed by atoms with Crippen LogP contribution in [0.25, 0.3) is 6.08 Å². The van der Waals surface area contributed by atoms with Gasteiger partial charge in [0.15, 0.2) is 5.78 Å². The molecule has 0 bridgehead atoms. The largest absolute Gasteiger partial charge is 0.497 e. The predicted molar refractivity (Wildman–Crippen MR) is 84.1 cm³/mol. The summed E-state index contributed by atoms with van der Waals surface area (Å²) >= 11 is 0. The molecule has 0 N–H and O–H groups in total. The number of benzene rings is 2. The molecule has 0 aliphatic rings. The topological polar surface area (TPSA) is 52.6 Å². The van der Waals surface area contributed by atoms with Crippen LogP contribution < -0.4 is 9.47 Å². The molecule has 0 saturated heterocycles. The normalized spacial score (nSPS) is 10.5. The highest BCUT2D eigenvalue weighted by molar-refractivity contribution is 6.06. The minimum Gasteiger partial charge on any atom is -0.497 e. The van der Waals surface area contributed by atoms with E-state index in [1.165, 1.54) is 13.0 Å². The molecule has 0 radical (unpaired) electrons. The number of hydrogen-bond acceptors (Lipinski definition) is 4. The van der Waals surface area contributed by atoms with Gasteiger partial charge in [-0.3, -0.25) is 9.59 Å². The van der Waals surface area contributed by atoms with Crippen LogP contribution in [0.2, 0.25) is 0 Å². The third kappa shape index (κ3) is 4.31. The summed E-state index contributed by atoms with van der Waals surface area (Å²) < 4.78 is 10.00. The Bertz CT molecular complexity index is 682. The lowest BCUT2D eigenvalue weighted by atomic mass is 10.1. The molecule has 22 heavy (non-hydrogen) atoms. The van der Waals surface area contributed by atoms with Crippen molar-refractivity contribution in [3.05, 3.63) is 65.7 Å². The second-order valence-corrected chi connectivity index (χ2v) is 4.59. The summed E-state index contributed by atoms with van der Waals surface area (Å²) in [5.41, 5.74) is 1.44. The van der Waals surface area contributed by atoms with Gasteiger partial charge in [-0.25, -0.2) is 0 Å². The molecule has 0 amide bonds. The zero-order valence-electron chi connectivity index (χ0n) is 12.4. The molecule has 0 fully saturated rings. The van der Waals surface area contributed by atoms with Crippen molar-refractivity contribution in [1.29, 1.82) is 0 Å². The lowest BCUT2D eigenvalue weighted by Gasteiger charge is -2.01. The molecule has 0 unspecified atom stereocenters. The predicted octanol–water partition coefficient (Wildman–Crippen LogP) is 3.52. The van der Waals surface area contributed by atoms with Crippen molar-refractivity contribution < 1.29 is 19.1 Å². The van der Waals surface area contributed by atoms with Crippen LogP contribution in [0.3, 0.4) is 0 Å². The van der Waals surface area contributed by atoms with Gasteiger partial charge in [-0.05, 0) is 48.0 Å². The summed E-state index contributed by atoms with van der Waals surface area (Å²) in [6.45, 7) is 1.35. The van der Waals surface area contributed by atoms with E-state index in [9.17, 15) is 9.59 Å². The fraction of sp³-hybridized carbons (Fsp3) is 0.111. The van der Waals surface area contributed by atoms with E-state index in [2.05, 4.69) is 0 Å². The van der Waals surface area contributed by atoms with Crippen molar-refractivity contribution in [2.24, 2.45) is 0 Å². The number of rotatable bonds is 5. The molecular formula is C18H16O4. The van der Waals surface area contributed by atoms with Crippen LogP contribution in [0.5, 0.6) is 11.5 Å². The van der Waals surface area contributed by atoms with Gasteiger partial charge >= 0.3 is 5.97 Å². The first-order valence-electron chi connectivity index (χ1n) is 6.73. The maximum absolute atomic E-state index is 12.0. The van der Waals surface area contributed by atoms with E-state index in [0.29, 0.717) is 17.1 Å². The summed E-state index contributed by atoms with van der Waals surface area (Å²) in [7, 11) is 1.58. The Morgan fingerprint density at radius 2 is 1.50 bits per heavy atom. The average molecular weight is 296 g/mol. The number of methoxy groups -OCH3 is 1. The first kappa shape index (κ1) is 15.5. The van der Waals surface area contributed by atoms with Crippen molar-refractivity contribution >= 4 is 17.8 Å². The molecule has 0 aliphatic carbocycles. The summed E-state index contributed by atoms with van der Waals surface area (Å²) in [6.07, 6.45) is 3.22. The Balaban J connectivity index is 2.03. The molecule has 4 heteroatoms. The van der Waals surface area contributed by atoms with Gasteiger partial charge in [-0.2, -0.15) is 0 Å². The Hall–Kier alpha value is -2.88. The number of carbonyl (C=O) groups excluding carboxylic acids is 2. The molecule has 0 aromatic heterocycles. The van der Waals surface area contributed by atoms with Crippen molar-refractivity contribution in [3.63, 3.8) is 0 Å². The Labute approximate surface area is 129 Å². The minimum absolute atomic E-state index is 0.0910. The standard InChI is InChI=1S/C18H16O4/c1-13(19)22-17-8-3-14(4-9-17)5-12-18(20)15-6-10-16(21-2)11-7-15/h3-12H,1-2H3/b12-5+. The second kappa shape index (κ2) is 7.22. The van der Waals surface area contributed by atoms with Crippen LogP contribution in [0.15, 0.2) is 54.6 Å². The van der Waals surface area contributed by atoms with Gasteiger partial charge in [-0.1, -0.05) is 18.2 Å². The van der Waals surface area contributed by atoms with Crippen molar-refractivity contribution in [2.45, 2.75) is 6.92 Å². The molecule has 2 aromatic rings. The van der Waals surface area contributed by atoms with Crippen LogP contribution in [-0.2, 0) is 4.79 Å². The monoisotopic (exact) mass is 296 g/mol. The summed E-state index contributed by atoms with van der Waals surface area (Å²) in [5, 5.41) is 0. The first-order valence-corrected chi connectivity index (χ1v) is 6.73. The van der Waals surface area contributed by atoms with Gasteiger partial charge < -0.3 is 9.47 Å². The molecule has 2 rings (SSSR count). The number of allylic oxidation sites excluding steroid dienone is 1. The molecule has 4 nitrogen and oxygen atoms in total. The SMILES string of the molecule is COc1ccc(C(=O)/C=C/c2ccc(OC(C)=O)cc2)cc1. The molecular weight excluding hydrogens is 280 g/mol. The fourth-order valence-corrected chi connectivity index (χ4v) is 1.84. The summed E-state index contributed by atoms with van der Waals surface area (Å²) in [4.78, 5) is 22.9. The number of ether oxygens (including phenoxy) is 2. The zero-order chi connectivity index (χ0) is 15.9. The maximum Gasteiger partial charge on any atom is 0.308 e. The molecule has 0 atom stereocenters. The number of ketones is 1. The maximum atomic E-state index is 12.0. The van der Waals surface area contributed by atoms with Gasteiger partial charge in [0.25, 0.3) is 0 Å².